The maximum atomic E-state index is 13.3. The summed E-state index contributed by atoms with van der Waals surface area (Å²) in [6.07, 6.45) is 0.777. The minimum Gasteiger partial charge on any atom is -0.370 e. The molecule has 2 aromatic rings. The smallest absolute Gasteiger partial charge is 0.278 e. The molecular weight excluding hydrogens is 394 g/mol. The predicted octanol–water partition coefficient (Wildman–Crippen LogP) is 0.324. The van der Waals surface area contributed by atoms with E-state index in [1.54, 1.807) is 24.3 Å². The summed E-state index contributed by atoms with van der Waals surface area (Å²) in [5, 5.41) is 0. The molecule has 7 heteroatoms. The SMILES string of the molecule is O=C1c2ccccc2C(=O)N1C[C@H]1c2ccccc2CCN1C(=O)C[NH+]1CCOCC1. The average Bonchev–Trinajstić information content (AvgIpc) is 3.05. The minimum atomic E-state index is -0.333. The van der Waals surface area contributed by atoms with Crippen LogP contribution < -0.4 is 4.90 Å². The van der Waals surface area contributed by atoms with Gasteiger partial charge in [0.2, 0.25) is 0 Å². The van der Waals surface area contributed by atoms with Crippen molar-refractivity contribution in [3.63, 3.8) is 0 Å². The number of fused-ring (bicyclic) bond motifs is 2. The first-order valence-electron chi connectivity index (χ1n) is 10.9. The number of hydrogen-bond acceptors (Lipinski definition) is 4. The van der Waals surface area contributed by atoms with E-state index in [2.05, 4.69) is 6.07 Å². The topological polar surface area (TPSA) is 71.4 Å². The summed E-state index contributed by atoms with van der Waals surface area (Å²) in [6, 6.07) is 14.6. The Labute approximate surface area is 181 Å². The van der Waals surface area contributed by atoms with Crippen LogP contribution in [-0.2, 0) is 16.0 Å². The second-order valence-electron chi connectivity index (χ2n) is 8.36. The Morgan fingerprint density at radius 1 is 0.968 bits per heavy atom. The predicted molar refractivity (Wildman–Crippen MR) is 113 cm³/mol. The number of carbonyl (C=O) groups is 3. The number of carbonyl (C=O) groups excluding carboxylic acids is 3. The average molecular weight is 420 g/mol. The third-order valence-corrected chi connectivity index (χ3v) is 6.57. The maximum absolute atomic E-state index is 13.3. The first kappa shape index (κ1) is 19.9. The monoisotopic (exact) mass is 420 g/mol. The highest BCUT2D eigenvalue weighted by Gasteiger charge is 2.40. The van der Waals surface area contributed by atoms with E-state index in [-0.39, 0.29) is 30.3 Å². The van der Waals surface area contributed by atoms with Crippen LogP contribution in [0.5, 0.6) is 0 Å². The molecule has 1 saturated heterocycles. The highest BCUT2D eigenvalue weighted by molar-refractivity contribution is 6.21. The van der Waals surface area contributed by atoms with Gasteiger partial charge >= 0.3 is 0 Å². The minimum absolute atomic E-state index is 0.0630. The van der Waals surface area contributed by atoms with Gasteiger partial charge in [0, 0.05) is 6.54 Å². The number of rotatable bonds is 4. The molecule has 3 aliphatic rings. The van der Waals surface area contributed by atoms with Crippen molar-refractivity contribution in [1.29, 1.82) is 0 Å². The van der Waals surface area contributed by atoms with Gasteiger partial charge in [0.15, 0.2) is 6.54 Å². The molecule has 2 aromatic carbocycles. The number of ether oxygens (including phenoxy) is 1. The lowest BCUT2D eigenvalue weighted by Crippen LogP contribution is -3.15. The van der Waals surface area contributed by atoms with E-state index in [0.29, 0.717) is 37.4 Å². The van der Waals surface area contributed by atoms with Crippen LogP contribution in [0.3, 0.4) is 0 Å². The largest absolute Gasteiger partial charge is 0.370 e. The number of benzene rings is 2. The van der Waals surface area contributed by atoms with Crippen LogP contribution in [0.1, 0.15) is 37.9 Å². The van der Waals surface area contributed by atoms with Gasteiger partial charge in [-0.2, -0.15) is 0 Å². The molecule has 5 rings (SSSR count). The lowest BCUT2D eigenvalue weighted by atomic mass is 9.92. The van der Waals surface area contributed by atoms with Crippen molar-refractivity contribution >= 4 is 17.7 Å². The number of hydrogen-bond donors (Lipinski definition) is 1. The molecule has 0 saturated carbocycles. The van der Waals surface area contributed by atoms with Crippen LogP contribution in [0.2, 0.25) is 0 Å². The van der Waals surface area contributed by atoms with Gasteiger partial charge in [-0.25, -0.2) is 0 Å². The lowest BCUT2D eigenvalue weighted by Gasteiger charge is -2.39. The standard InChI is InChI=1S/C24H25N3O4/c28-22(16-25-11-13-31-14-12-25)26-10-9-17-5-1-2-6-18(17)21(26)15-27-23(29)19-7-3-4-8-20(19)24(27)30/h1-8,21H,9-16H2/p+1/t21-/m0/s1. The van der Waals surface area contributed by atoms with E-state index in [1.807, 2.05) is 23.1 Å². The molecule has 0 aromatic heterocycles. The third kappa shape index (κ3) is 3.64. The van der Waals surface area contributed by atoms with Crippen molar-refractivity contribution in [2.24, 2.45) is 0 Å². The van der Waals surface area contributed by atoms with E-state index in [4.69, 9.17) is 4.74 Å². The van der Waals surface area contributed by atoms with E-state index in [0.717, 1.165) is 25.1 Å². The summed E-state index contributed by atoms with van der Waals surface area (Å²) in [6.45, 7) is 4.15. The molecule has 3 heterocycles. The first-order valence-corrected chi connectivity index (χ1v) is 10.9. The zero-order valence-corrected chi connectivity index (χ0v) is 17.4. The number of imide groups is 1. The van der Waals surface area contributed by atoms with E-state index >= 15 is 0 Å². The number of amides is 3. The van der Waals surface area contributed by atoms with Gasteiger partial charge in [0.1, 0.15) is 13.1 Å². The summed E-state index contributed by atoms with van der Waals surface area (Å²) >= 11 is 0. The first-order chi connectivity index (χ1) is 15.1. The fourth-order valence-corrected chi connectivity index (χ4v) is 4.88. The summed E-state index contributed by atoms with van der Waals surface area (Å²) in [5.74, 6) is -0.502. The van der Waals surface area contributed by atoms with E-state index in [9.17, 15) is 14.4 Å². The van der Waals surface area contributed by atoms with Gasteiger partial charge in [-0.3, -0.25) is 19.3 Å². The van der Waals surface area contributed by atoms with Gasteiger partial charge in [-0.1, -0.05) is 36.4 Å². The van der Waals surface area contributed by atoms with Crippen LogP contribution in [0, 0.1) is 0 Å². The molecule has 0 spiro atoms. The zero-order chi connectivity index (χ0) is 21.4. The van der Waals surface area contributed by atoms with Crippen molar-refractivity contribution in [3.8, 4) is 0 Å². The fraction of sp³-hybridized carbons (Fsp3) is 0.375. The summed E-state index contributed by atoms with van der Waals surface area (Å²) in [4.78, 5) is 43.6. The molecule has 3 aliphatic heterocycles. The third-order valence-electron chi connectivity index (χ3n) is 6.57. The Hall–Kier alpha value is -3.03. The Balaban J connectivity index is 1.42. The Morgan fingerprint density at radius 2 is 1.61 bits per heavy atom. The molecule has 1 N–H and O–H groups in total. The maximum Gasteiger partial charge on any atom is 0.278 e. The molecule has 0 bridgehead atoms. The number of nitrogens with one attached hydrogen (secondary N) is 1. The van der Waals surface area contributed by atoms with Gasteiger partial charge in [0.05, 0.1) is 36.9 Å². The molecule has 0 unspecified atom stereocenters. The van der Waals surface area contributed by atoms with Crippen molar-refractivity contribution in [2.45, 2.75) is 12.5 Å². The van der Waals surface area contributed by atoms with Crippen LogP contribution in [0.25, 0.3) is 0 Å². The van der Waals surface area contributed by atoms with Crippen molar-refractivity contribution in [3.05, 3.63) is 70.8 Å². The van der Waals surface area contributed by atoms with Crippen LogP contribution in [0.4, 0.5) is 0 Å². The molecule has 1 atom stereocenters. The van der Waals surface area contributed by atoms with E-state index < -0.39 is 0 Å². The Morgan fingerprint density at radius 3 is 2.32 bits per heavy atom. The van der Waals surface area contributed by atoms with Crippen LogP contribution in [-0.4, -0.2) is 73.5 Å². The Kier molecular flexibility index (Phi) is 5.29. The molecule has 0 aliphatic carbocycles. The lowest BCUT2D eigenvalue weighted by molar-refractivity contribution is -0.900. The molecule has 7 nitrogen and oxygen atoms in total. The summed E-state index contributed by atoms with van der Waals surface area (Å²) in [5.41, 5.74) is 3.07. The number of quaternary nitrogens is 1. The highest BCUT2D eigenvalue weighted by Crippen LogP contribution is 2.33. The Bertz CT molecular complexity index is 996. The molecule has 1 fully saturated rings. The van der Waals surface area contributed by atoms with Crippen molar-refractivity contribution in [2.75, 3.05) is 45.9 Å². The van der Waals surface area contributed by atoms with Crippen molar-refractivity contribution in [1.82, 2.24) is 9.80 Å². The quantitative estimate of drug-likeness (QED) is 0.724. The number of nitrogens with zero attached hydrogens (tertiary/aromatic N) is 2. The van der Waals surface area contributed by atoms with Gasteiger partial charge in [-0.05, 0) is 29.7 Å². The molecule has 3 amide bonds. The zero-order valence-electron chi connectivity index (χ0n) is 17.4. The molecule has 31 heavy (non-hydrogen) atoms. The van der Waals surface area contributed by atoms with Crippen LogP contribution in [0.15, 0.2) is 48.5 Å². The number of morpholine rings is 1. The normalized spacial score (nSPS) is 21.2. The second-order valence-corrected chi connectivity index (χ2v) is 8.36. The van der Waals surface area contributed by atoms with Gasteiger partial charge in [-0.15, -0.1) is 0 Å². The summed E-state index contributed by atoms with van der Waals surface area (Å²) in [7, 11) is 0. The second kappa shape index (κ2) is 8.24. The molecule has 0 radical (unpaired) electrons. The summed E-state index contributed by atoms with van der Waals surface area (Å²) < 4.78 is 5.41. The highest BCUT2D eigenvalue weighted by atomic mass is 16.5. The van der Waals surface area contributed by atoms with Gasteiger partial charge < -0.3 is 14.5 Å². The molecule has 160 valence electrons. The van der Waals surface area contributed by atoms with Gasteiger partial charge in [0.25, 0.3) is 17.7 Å². The van der Waals surface area contributed by atoms with Crippen molar-refractivity contribution < 1.29 is 24.0 Å². The molecular formula is C24H26N3O4+. The van der Waals surface area contributed by atoms with Crippen LogP contribution >= 0.6 is 0 Å². The van der Waals surface area contributed by atoms with E-state index in [1.165, 1.54) is 15.4 Å². The fourth-order valence-electron chi connectivity index (χ4n) is 4.88.